The minimum Gasteiger partial charge on any atom is -0.354 e. The molecule has 0 saturated carbocycles. The Morgan fingerprint density at radius 1 is 1.12 bits per heavy atom. The first-order valence-corrected chi connectivity index (χ1v) is 8.18. The summed E-state index contributed by atoms with van der Waals surface area (Å²) in [5.74, 6) is 0.225. The molecule has 0 aliphatic carbocycles. The molecule has 3 heteroatoms. The van der Waals surface area contributed by atoms with E-state index in [0.29, 0.717) is 12.5 Å². The summed E-state index contributed by atoms with van der Waals surface area (Å²) in [5.41, 5.74) is 0. The number of alkyl halides is 1. The summed E-state index contributed by atoms with van der Waals surface area (Å²) in [4.78, 5) is 11.6. The Bertz CT molecular complexity index is 185. The highest BCUT2D eigenvalue weighted by Crippen LogP contribution is 2.07. The van der Waals surface area contributed by atoms with Gasteiger partial charge in [0.2, 0.25) is 5.91 Å². The average molecular weight is 306 g/mol. The summed E-state index contributed by atoms with van der Waals surface area (Å²) < 4.78 is 0. The molecule has 1 amide bonds. The van der Waals surface area contributed by atoms with E-state index in [2.05, 4.69) is 35.1 Å². The molecule has 1 atom stereocenters. The Kier molecular flexibility index (Phi) is 12.4. The maximum Gasteiger partial charge on any atom is 0.220 e. The first-order valence-electron chi connectivity index (χ1n) is 7.06. The van der Waals surface area contributed by atoms with Gasteiger partial charge in [-0.2, -0.15) is 0 Å². The molecule has 0 aromatic rings. The van der Waals surface area contributed by atoms with Crippen molar-refractivity contribution in [2.24, 2.45) is 0 Å². The second kappa shape index (κ2) is 12.4. The minimum atomic E-state index is 0.225. The Hall–Kier alpha value is -0.0500. The first-order chi connectivity index (χ1) is 8.20. The molecule has 0 aliphatic rings. The van der Waals surface area contributed by atoms with E-state index in [9.17, 15) is 4.79 Å². The molecule has 0 bridgehead atoms. The zero-order valence-corrected chi connectivity index (χ0v) is 13.0. The molecule has 0 radical (unpaired) electrons. The third-order valence-electron chi connectivity index (χ3n) is 2.94. The quantitative estimate of drug-likeness (QED) is 0.444. The molecule has 1 unspecified atom stereocenters. The van der Waals surface area contributed by atoms with Gasteiger partial charge in [-0.25, -0.2) is 0 Å². The second-order valence-corrected chi connectivity index (χ2v) is 5.61. The Balaban J connectivity index is 3.33. The van der Waals surface area contributed by atoms with Crippen LogP contribution in [0.15, 0.2) is 0 Å². The van der Waals surface area contributed by atoms with Crippen molar-refractivity contribution in [2.45, 2.75) is 77.7 Å². The van der Waals surface area contributed by atoms with Gasteiger partial charge in [-0.15, -0.1) is 0 Å². The van der Waals surface area contributed by atoms with Gasteiger partial charge in [0.1, 0.15) is 0 Å². The predicted octanol–water partition coefficient (Wildman–Crippen LogP) is 4.42. The largest absolute Gasteiger partial charge is 0.354 e. The number of halogens is 1. The van der Waals surface area contributed by atoms with Crippen LogP contribution in [0, 0.1) is 0 Å². The van der Waals surface area contributed by atoms with E-state index in [-0.39, 0.29) is 5.91 Å². The van der Waals surface area contributed by atoms with E-state index < -0.39 is 0 Å². The molecule has 2 nitrogen and oxygen atoms in total. The highest BCUT2D eigenvalue weighted by Gasteiger charge is 2.06. The lowest BCUT2D eigenvalue weighted by molar-refractivity contribution is -0.121. The van der Waals surface area contributed by atoms with Gasteiger partial charge in [-0.05, 0) is 26.2 Å². The van der Waals surface area contributed by atoms with Crippen molar-refractivity contribution in [3.05, 3.63) is 0 Å². The molecular formula is C14H28BrNO. The SMILES string of the molecule is CCCCCCCCC(=O)NC(C)CCCBr. The van der Waals surface area contributed by atoms with Crippen LogP contribution in [-0.2, 0) is 4.79 Å². The van der Waals surface area contributed by atoms with Crippen LogP contribution in [0.4, 0.5) is 0 Å². The smallest absolute Gasteiger partial charge is 0.220 e. The van der Waals surface area contributed by atoms with Crippen molar-refractivity contribution < 1.29 is 4.79 Å². The van der Waals surface area contributed by atoms with Gasteiger partial charge in [0.05, 0.1) is 0 Å². The van der Waals surface area contributed by atoms with Gasteiger partial charge in [-0.3, -0.25) is 4.79 Å². The summed E-state index contributed by atoms with van der Waals surface area (Å²) in [6.07, 6.45) is 10.3. The summed E-state index contributed by atoms with van der Waals surface area (Å²) in [5, 5.41) is 4.08. The highest BCUT2D eigenvalue weighted by atomic mass is 79.9. The molecule has 1 N–H and O–H groups in total. The van der Waals surface area contributed by atoms with Crippen molar-refractivity contribution >= 4 is 21.8 Å². The normalized spacial score (nSPS) is 12.4. The van der Waals surface area contributed by atoms with E-state index in [1.165, 1.54) is 32.1 Å². The minimum absolute atomic E-state index is 0.225. The summed E-state index contributed by atoms with van der Waals surface area (Å²) in [7, 11) is 0. The number of amides is 1. The molecule has 0 aliphatic heterocycles. The van der Waals surface area contributed by atoms with Crippen LogP contribution in [0.5, 0.6) is 0 Å². The second-order valence-electron chi connectivity index (χ2n) is 4.82. The third-order valence-corrected chi connectivity index (χ3v) is 3.50. The number of nitrogens with one attached hydrogen (secondary N) is 1. The van der Waals surface area contributed by atoms with Crippen molar-refractivity contribution in [3.63, 3.8) is 0 Å². The van der Waals surface area contributed by atoms with Crippen LogP contribution >= 0.6 is 15.9 Å². The van der Waals surface area contributed by atoms with Crippen LogP contribution in [0.1, 0.15) is 71.6 Å². The predicted molar refractivity (Wildman–Crippen MR) is 78.6 cm³/mol. The zero-order valence-electron chi connectivity index (χ0n) is 11.4. The van der Waals surface area contributed by atoms with Crippen molar-refractivity contribution in [1.29, 1.82) is 0 Å². The maximum atomic E-state index is 11.6. The molecule has 17 heavy (non-hydrogen) atoms. The lowest BCUT2D eigenvalue weighted by atomic mass is 10.1. The van der Waals surface area contributed by atoms with E-state index in [0.717, 1.165) is 24.6 Å². The average Bonchev–Trinajstić information content (AvgIpc) is 2.31. The van der Waals surface area contributed by atoms with Crippen LogP contribution in [-0.4, -0.2) is 17.3 Å². The topological polar surface area (TPSA) is 29.1 Å². The number of hydrogen-bond acceptors (Lipinski definition) is 1. The number of carbonyl (C=O) groups excluding carboxylic acids is 1. The Morgan fingerprint density at radius 3 is 2.41 bits per heavy atom. The van der Waals surface area contributed by atoms with Crippen LogP contribution in [0.25, 0.3) is 0 Å². The van der Waals surface area contributed by atoms with Crippen LogP contribution in [0.2, 0.25) is 0 Å². The fourth-order valence-corrected chi connectivity index (χ4v) is 2.19. The number of unbranched alkanes of at least 4 members (excludes halogenated alkanes) is 5. The fraction of sp³-hybridized carbons (Fsp3) is 0.929. The van der Waals surface area contributed by atoms with Crippen molar-refractivity contribution in [2.75, 3.05) is 5.33 Å². The summed E-state index contributed by atoms with van der Waals surface area (Å²) in [6, 6.07) is 0.320. The molecular weight excluding hydrogens is 278 g/mol. The molecule has 0 aromatic carbocycles. The van der Waals surface area contributed by atoms with Crippen LogP contribution < -0.4 is 5.32 Å². The van der Waals surface area contributed by atoms with Crippen molar-refractivity contribution in [3.8, 4) is 0 Å². The summed E-state index contributed by atoms with van der Waals surface area (Å²) in [6.45, 7) is 4.31. The van der Waals surface area contributed by atoms with E-state index in [4.69, 9.17) is 0 Å². The summed E-state index contributed by atoms with van der Waals surface area (Å²) >= 11 is 3.40. The number of rotatable bonds is 11. The highest BCUT2D eigenvalue weighted by molar-refractivity contribution is 9.09. The van der Waals surface area contributed by atoms with Gasteiger partial charge >= 0.3 is 0 Å². The number of carbonyl (C=O) groups is 1. The van der Waals surface area contributed by atoms with Gasteiger partial charge in [-0.1, -0.05) is 55.0 Å². The molecule has 0 rings (SSSR count). The molecule has 0 saturated heterocycles. The maximum absolute atomic E-state index is 11.6. The molecule has 0 spiro atoms. The van der Waals surface area contributed by atoms with Gasteiger partial charge in [0.25, 0.3) is 0 Å². The monoisotopic (exact) mass is 305 g/mol. The standard InChI is InChI=1S/C14H28BrNO/c1-3-4-5-6-7-8-11-14(17)16-13(2)10-9-12-15/h13H,3-12H2,1-2H3,(H,16,17). The van der Waals surface area contributed by atoms with Crippen LogP contribution in [0.3, 0.4) is 0 Å². The Morgan fingerprint density at radius 2 is 1.76 bits per heavy atom. The Labute approximate surface area is 115 Å². The van der Waals surface area contributed by atoms with Gasteiger partial charge in [0.15, 0.2) is 0 Å². The first kappa shape index (κ1) is 16.9. The van der Waals surface area contributed by atoms with E-state index >= 15 is 0 Å². The molecule has 0 fully saturated rings. The fourth-order valence-electron chi connectivity index (χ4n) is 1.87. The number of hydrogen-bond donors (Lipinski definition) is 1. The molecule has 102 valence electrons. The van der Waals surface area contributed by atoms with Gasteiger partial charge in [0, 0.05) is 17.8 Å². The van der Waals surface area contributed by atoms with E-state index in [1.54, 1.807) is 0 Å². The van der Waals surface area contributed by atoms with E-state index in [1.807, 2.05) is 0 Å². The van der Waals surface area contributed by atoms with Gasteiger partial charge < -0.3 is 5.32 Å². The molecule has 0 heterocycles. The zero-order chi connectivity index (χ0) is 12.9. The lowest BCUT2D eigenvalue weighted by Crippen LogP contribution is -2.32. The third kappa shape index (κ3) is 12.2. The lowest BCUT2D eigenvalue weighted by Gasteiger charge is -2.12. The van der Waals surface area contributed by atoms with Crippen molar-refractivity contribution in [1.82, 2.24) is 5.32 Å². The molecule has 0 aromatic heterocycles.